The minimum absolute atomic E-state index is 0.00685. The van der Waals surface area contributed by atoms with E-state index in [2.05, 4.69) is 15.5 Å². The lowest BCUT2D eigenvalue weighted by Crippen LogP contribution is -2.19. The lowest BCUT2D eigenvalue weighted by Gasteiger charge is -2.01. The van der Waals surface area contributed by atoms with Gasteiger partial charge in [0, 0.05) is 11.1 Å². The summed E-state index contributed by atoms with van der Waals surface area (Å²) in [6, 6.07) is 15.0. The predicted molar refractivity (Wildman–Crippen MR) is 87.7 cm³/mol. The normalized spacial score (nSPS) is 11.0. The number of fused-ring (bicyclic) bond motifs is 1. The molecule has 0 spiro atoms. The Balaban J connectivity index is 1.79. The van der Waals surface area contributed by atoms with Crippen LogP contribution in [0.4, 0.5) is 0 Å². The molecule has 0 aliphatic rings. The topological polar surface area (TPSA) is 94.5 Å². The van der Waals surface area contributed by atoms with Crippen LogP contribution < -0.4 is 11.0 Å². The number of para-hydroxylation sites is 1. The van der Waals surface area contributed by atoms with E-state index in [1.807, 2.05) is 18.2 Å². The minimum atomic E-state index is -0.477. The van der Waals surface area contributed by atoms with Gasteiger partial charge < -0.3 is 10.1 Å². The summed E-state index contributed by atoms with van der Waals surface area (Å²) < 4.78 is 0. The number of nitrogens with one attached hydrogen (secondary N) is 2. The van der Waals surface area contributed by atoms with Crippen molar-refractivity contribution in [3.63, 3.8) is 0 Å². The fraction of sp³-hybridized carbons (Fsp3) is 0. The van der Waals surface area contributed by atoms with Crippen LogP contribution >= 0.6 is 0 Å². The molecule has 3 aromatic rings. The molecule has 0 saturated carbocycles. The molecule has 1 heterocycles. The Labute approximate surface area is 131 Å². The van der Waals surface area contributed by atoms with Crippen LogP contribution in [0.5, 0.6) is 5.75 Å². The first-order valence-corrected chi connectivity index (χ1v) is 6.88. The number of pyridine rings is 1. The molecule has 6 nitrogen and oxygen atoms in total. The van der Waals surface area contributed by atoms with Crippen molar-refractivity contribution < 1.29 is 9.90 Å². The van der Waals surface area contributed by atoms with E-state index in [1.54, 1.807) is 24.3 Å². The van der Waals surface area contributed by atoms with Crippen molar-refractivity contribution >= 4 is 23.0 Å². The van der Waals surface area contributed by atoms with Gasteiger partial charge in [-0.05, 0) is 35.7 Å². The molecule has 0 aliphatic heterocycles. The molecular formula is C17H13N3O3. The van der Waals surface area contributed by atoms with Gasteiger partial charge in [0.2, 0.25) is 0 Å². The standard InChI is InChI=1S/C17H13N3O3/c21-14-6-3-5-12(9-14)17(23)20-18-10-13-8-11-4-1-2-7-15(11)19-16(13)22/h1-10,21H,(H,19,22)(H,20,23)/b18-10+. The van der Waals surface area contributed by atoms with Gasteiger partial charge in [-0.25, -0.2) is 5.43 Å². The van der Waals surface area contributed by atoms with E-state index in [9.17, 15) is 14.7 Å². The van der Waals surface area contributed by atoms with Crippen molar-refractivity contribution in [2.75, 3.05) is 0 Å². The van der Waals surface area contributed by atoms with E-state index in [1.165, 1.54) is 18.3 Å². The van der Waals surface area contributed by atoms with Gasteiger partial charge >= 0.3 is 0 Å². The van der Waals surface area contributed by atoms with Crippen LogP contribution in [-0.2, 0) is 0 Å². The summed E-state index contributed by atoms with van der Waals surface area (Å²) in [4.78, 5) is 26.5. The molecule has 0 unspecified atom stereocenters. The smallest absolute Gasteiger partial charge is 0.271 e. The molecule has 2 aromatic carbocycles. The Morgan fingerprint density at radius 2 is 1.96 bits per heavy atom. The maximum Gasteiger partial charge on any atom is 0.271 e. The average molecular weight is 307 g/mol. The monoisotopic (exact) mass is 307 g/mol. The highest BCUT2D eigenvalue weighted by Crippen LogP contribution is 2.11. The second-order valence-electron chi connectivity index (χ2n) is 4.89. The predicted octanol–water partition coefficient (Wildman–Crippen LogP) is 2.00. The summed E-state index contributed by atoms with van der Waals surface area (Å²) in [6.45, 7) is 0. The number of carbonyl (C=O) groups is 1. The van der Waals surface area contributed by atoms with Crippen LogP contribution in [0, 0.1) is 0 Å². The lowest BCUT2D eigenvalue weighted by molar-refractivity contribution is 0.0954. The molecule has 0 saturated heterocycles. The molecule has 0 radical (unpaired) electrons. The Morgan fingerprint density at radius 1 is 1.13 bits per heavy atom. The van der Waals surface area contributed by atoms with Crippen LogP contribution in [-0.4, -0.2) is 22.2 Å². The fourth-order valence-electron chi connectivity index (χ4n) is 2.13. The number of aromatic amines is 1. The number of aromatic nitrogens is 1. The number of rotatable bonds is 3. The molecule has 114 valence electrons. The number of aromatic hydroxyl groups is 1. The quantitative estimate of drug-likeness (QED) is 0.510. The van der Waals surface area contributed by atoms with Crippen LogP contribution in [0.1, 0.15) is 15.9 Å². The zero-order valence-electron chi connectivity index (χ0n) is 12.0. The summed E-state index contributed by atoms with van der Waals surface area (Å²) in [6.07, 6.45) is 1.28. The first-order valence-electron chi connectivity index (χ1n) is 6.88. The maximum absolute atomic E-state index is 11.9. The molecule has 1 aromatic heterocycles. The molecule has 1 amide bonds. The Kier molecular flexibility index (Phi) is 3.88. The molecule has 0 aliphatic carbocycles. The van der Waals surface area contributed by atoms with Gasteiger partial charge in [-0.3, -0.25) is 9.59 Å². The van der Waals surface area contributed by atoms with Gasteiger partial charge in [0.25, 0.3) is 11.5 Å². The van der Waals surface area contributed by atoms with E-state index in [4.69, 9.17) is 0 Å². The van der Waals surface area contributed by atoms with E-state index >= 15 is 0 Å². The zero-order chi connectivity index (χ0) is 16.2. The number of H-pyrrole nitrogens is 1. The SMILES string of the molecule is O=C(N/N=C/c1cc2ccccc2[nH]c1=O)c1cccc(O)c1. The van der Waals surface area contributed by atoms with Crippen LogP contribution in [0.3, 0.4) is 0 Å². The summed E-state index contributed by atoms with van der Waals surface area (Å²) in [7, 11) is 0. The molecule has 0 fully saturated rings. The highest BCUT2D eigenvalue weighted by Gasteiger charge is 2.05. The second-order valence-corrected chi connectivity index (χ2v) is 4.89. The molecule has 6 heteroatoms. The number of hydrogen-bond donors (Lipinski definition) is 3. The fourth-order valence-corrected chi connectivity index (χ4v) is 2.13. The second kappa shape index (κ2) is 6.15. The third-order valence-electron chi connectivity index (χ3n) is 3.26. The third-order valence-corrected chi connectivity index (χ3v) is 3.26. The maximum atomic E-state index is 11.9. The number of amides is 1. The van der Waals surface area contributed by atoms with Crippen molar-refractivity contribution in [2.45, 2.75) is 0 Å². The number of benzene rings is 2. The number of nitrogens with zero attached hydrogens (tertiary/aromatic N) is 1. The highest BCUT2D eigenvalue weighted by molar-refractivity contribution is 5.95. The third kappa shape index (κ3) is 3.26. The molecular weight excluding hydrogens is 294 g/mol. The van der Waals surface area contributed by atoms with E-state index in [-0.39, 0.29) is 16.9 Å². The summed E-state index contributed by atoms with van der Waals surface area (Å²) in [5, 5.41) is 14.0. The van der Waals surface area contributed by atoms with Gasteiger partial charge in [-0.2, -0.15) is 5.10 Å². The van der Waals surface area contributed by atoms with Crippen molar-refractivity contribution in [1.82, 2.24) is 10.4 Å². The van der Waals surface area contributed by atoms with Crippen LogP contribution in [0.2, 0.25) is 0 Å². The van der Waals surface area contributed by atoms with E-state index in [0.717, 1.165) is 10.9 Å². The van der Waals surface area contributed by atoms with E-state index in [0.29, 0.717) is 5.56 Å². The van der Waals surface area contributed by atoms with Crippen LogP contribution in [0.25, 0.3) is 10.9 Å². The summed E-state index contributed by atoms with van der Waals surface area (Å²) >= 11 is 0. The first kappa shape index (κ1) is 14.5. The van der Waals surface area contributed by atoms with Gasteiger partial charge in [0.15, 0.2) is 0 Å². The lowest BCUT2D eigenvalue weighted by atomic mass is 10.2. The highest BCUT2D eigenvalue weighted by atomic mass is 16.3. The van der Waals surface area contributed by atoms with Crippen molar-refractivity contribution in [3.05, 3.63) is 76.1 Å². The molecule has 3 rings (SSSR count). The molecule has 3 N–H and O–H groups in total. The molecule has 0 atom stereocenters. The van der Waals surface area contributed by atoms with Gasteiger partial charge in [-0.1, -0.05) is 24.3 Å². The summed E-state index contributed by atoms with van der Waals surface area (Å²) in [5.41, 5.74) is 3.36. The number of hydrazone groups is 1. The minimum Gasteiger partial charge on any atom is -0.508 e. The van der Waals surface area contributed by atoms with Crippen molar-refractivity contribution in [2.24, 2.45) is 5.10 Å². The summed E-state index contributed by atoms with van der Waals surface area (Å²) in [5.74, 6) is -0.484. The number of phenolic OH excluding ortho intramolecular Hbond substituents is 1. The largest absolute Gasteiger partial charge is 0.508 e. The molecule has 0 bridgehead atoms. The van der Waals surface area contributed by atoms with Crippen molar-refractivity contribution in [1.29, 1.82) is 0 Å². The zero-order valence-corrected chi connectivity index (χ0v) is 12.0. The van der Waals surface area contributed by atoms with E-state index < -0.39 is 5.91 Å². The number of hydrogen-bond acceptors (Lipinski definition) is 4. The average Bonchev–Trinajstić information content (AvgIpc) is 2.55. The Hall–Kier alpha value is -3.41. The van der Waals surface area contributed by atoms with Crippen LogP contribution in [0.15, 0.2) is 64.5 Å². The van der Waals surface area contributed by atoms with Gasteiger partial charge in [0.1, 0.15) is 5.75 Å². The first-order chi connectivity index (χ1) is 11.1. The Bertz CT molecular complexity index is 960. The van der Waals surface area contributed by atoms with Gasteiger partial charge in [0.05, 0.1) is 11.8 Å². The van der Waals surface area contributed by atoms with Crippen molar-refractivity contribution in [3.8, 4) is 5.75 Å². The number of carbonyl (C=O) groups excluding carboxylic acids is 1. The number of phenols is 1. The molecule has 23 heavy (non-hydrogen) atoms. The van der Waals surface area contributed by atoms with Gasteiger partial charge in [-0.15, -0.1) is 0 Å². The Morgan fingerprint density at radius 3 is 2.78 bits per heavy atom.